The lowest BCUT2D eigenvalue weighted by Crippen LogP contribution is -2.19. The predicted octanol–water partition coefficient (Wildman–Crippen LogP) is 2.01. The van der Waals surface area contributed by atoms with Gasteiger partial charge in [-0.1, -0.05) is 0 Å². The molecule has 0 atom stereocenters. The Morgan fingerprint density at radius 1 is 0.833 bits per heavy atom. The van der Waals surface area contributed by atoms with Gasteiger partial charge in [-0.05, 0) is 50.6 Å². The van der Waals surface area contributed by atoms with Gasteiger partial charge in [0.25, 0.3) is 0 Å². The summed E-state index contributed by atoms with van der Waals surface area (Å²) in [6, 6.07) is 0.859. The quantitative estimate of drug-likeness (QED) is 0.555. The summed E-state index contributed by atoms with van der Waals surface area (Å²) < 4.78 is 0. The zero-order valence-electron chi connectivity index (χ0n) is 7.29. The van der Waals surface area contributed by atoms with Gasteiger partial charge in [0, 0.05) is 0 Å². The number of hydrogen-bond donors (Lipinski definition) is 0. The van der Waals surface area contributed by atoms with Gasteiger partial charge in [0.1, 0.15) is 0 Å². The topological polar surface area (TPSA) is 24.7 Å². The highest BCUT2D eigenvalue weighted by atomic mass is 14.8. The molecule has 0 aromatic carbocycles. The molecule has 2 heteroatoms. The molecule has 0 aromatic rings. The molecule has 0 N–H and O–H groups in total. The van der Waals surface area contributed by atoms with Crippen LogP contribution in [0.5, 0.6) is 0 Å². The predicted molar refractivity (Wildman–Crippen MR) is 52.2 cm³/mol. The third-order valence-electron chi connectivity index (χ3n) is 2.21. The molecule has 1 aliphatic rings. The lowest BCUT2D eigenvalue weighted by molar-refractivity contribution is 0.400. The maximum atomic E-state index is 4.14. The Morgan fingerprint density at radius 3 is 1.42 bits per heavy atom. The number of nitrogens with zero attached hydrogens (tertiary/aromatic N) is 2. The molecular formula is C10H14N2. The highest BCUT2D eigenvalue weighted by Gasteiger charge is 2.18. The first-order valence-corrected chi connectivity index (χ1v) is 4.30. The summed E-state index contributed by atoms with van der Waals surface area (Å²) in [7, 11) is 0. The van der Waals surface area contributed by atoms with Crippen molar-refractivity contribution in [2.45, 2.75) is 37.8 Å². The molecule has 0 aromatic heterocycles. The molecule has 0 unspecified atom stereocenters. The second-order valence-corrected chi connectivity index (χ2v) is 3.04. The number of rotatable bonds is 2. The lowest BCUT2D eigenvalue weighted by atomic mass is 9.92. The summed E-state index contributed by atoms with van der Waals surface area (Å²) in [5.41, 5.74) is 0. The van der Waals surface area contributed by atoms with Gasteiger partial charge in [-0.25, -0.2) is 9.98 Å². The van der Waals surface area contributed by atoms with Crippen LogP contribution in [0.4, 0.5) is 0 Å². The molecule has 1 saturated carbocycles. The molecule has 0 radical (unpaired) electrons. The van der Waals surface area contributed by atoms with Crippen molar-refractivity contribution in [3.63, 3.8) is 0 Å². The van der Waals surface area contributed by atoms with E-state index in [9.17, 15) is 0 Å². The molecule has 1 fully saturated rings. The molecule has 0 aliphatic heterocycles. The van der Waals surface area contributed by atoms with Crippen molar-refractivity contribution < 1.29 is 0 Å². The highest BCUT2D eigenvalue weighted by molar-refractivity contribution is 5.47. The fourth-order valence-electron chi connectivity index (χ4n) is 1.57. The van der Waals surface area contributed by atoms with E-state index in [-0.39, 0.29) is 0 Å². The minimum absolute atomic E-state index is 0.429. The van der Waals surface area contributed by atoms with Crippen LogP contribution in [0.1, 0.15) is 25.7 Å². The lowest BCUT2D eigenvalue weighted by Gasteiger charge is -2.21. The van der Waals surface area contributed by atoms with Crippen LogP contribution >= 0.6 is 0 Å². The van der Waals surface area contributed by atoms with E-state index in [0.29, 0.717) is 12.1 Å². The smallest absolute Gasteiger partial charge is 0.0595 e. The SMILES string of the molecule is C=C=NC1CCC(N=C=C)CC1. The van der Waals surface area contributed by atoms with E-state index >= 15 is 0 Å². The number of aliphatic imine (C=N–C) groups is 2. The van der Waals surface area contributed by atoms with E-state index in [2.05, 4.69) is 34.9 Å². The fourth-order valence-corrected chi connectivity index (χ4v) is 1.57. The molecule has 0 saturated heterocycles. The Kier molecular flexibility index (Phi) is 3.53. The van der Waals surface area contributed by atoms with E-state index in [1.165, 1.54) is 0 Å². The van der Waals surface area contributed by atoms with Crippen LogP contribution in [0, 0.1) is 0 Å². The Balaban J connectivity index is 2.38. The summed E-state index contributed by atoms with van der Waals surface area (Å²) in [6.45, 7) is 6.95. The Bertz CT molecular complexity index is 198. The minimum atomic E-state index is 0.429. The Morgan fingerprint density at radius 2 is 1.17 bits per heavy atom. The second kappa shape index (κ2) is 4.71. The van der Waals surface area contributed by atoms with Crippen molar-refractivity contribution in [2.75, 3.05) is 0 Å². The minimum Gasteiger partial charge on any atom is -0.240 e. The van der Waals surface area contributed by atoms with E-state index in [4.69, 9.17) is 0 Å². The van der Waals surface area contributed by atoms with Crippen molar-refractivity contribution in [1.29, 1.82) is 0 Å². The summed E-state index contributed by atoms with van der Waals surface area (Å²) in [5, 5.41) is 0. The molecule has 1 rings (SSSR count). The molecule has 2 nitrogen and oxygen atoms in total. The van der Waals surface area contributed by atoms with Crippen LogP contribution in [0.15, 0.2) is 23.1 Å². The molecule has 12 heavy (non-hydrogen) atoms. The summed E-state index contributed by atoms with van der Waals surface area (Å²) in [4.78, 5) is 8.28. The number of hydrogen-bond acceptors (Lipinski definition) is 2. The molecule has 0 amide bonds. The monoisotopic (exact) mass is 162 g/mol. The summed E-state index contributed by atoms with van der Waals surface area (Å²) in [5.74, 6) is 5.20. The van der Waals surface area contributed by atoms with Crippen LogP contribution in [0.25, 0.3) is 0 Å². The van der Waals surface area contributed by atoms with Gasteiger partial charge in [0.2, 0.25) is 0 Å². The largest absolute Gasteiger partial charge is 0.240 e. The van der Waals surface area contributed by atoms with E-state index in [1.54, 1.807) is 0 Å². The zero-order chi connectivity index (χ0) is 8.81. The van der Waals surface area contributed by atoms with Crippen molar-refractivity contribution in [3.8, 4) is 0 Å². The van der Waals surface area contributed by atoms with Crippen LogP contribution in [0.3, 0.4) is 0 Å². The van der Waals surface area contributed by atoms with E-state index in [1.807, 2.05) is 0 Å². The maximum absolute atomic E-state index is 4.14. The first-order valence-electron chi connectivity index (χ1n) is 4.30. The van der Waals surface area contributed by atoms with Gasteiger partial charge >= 0.3 is 0 Å². The molecule has 0 spiro atoms. The van der Waals surface area contributed by atoms with Gasteiger partial charge in [0.05, 0.1) is 12.1 Å². The average molecular weight is 162 g/mol. The summed E-state index contributed by atoms with van der Waals surface area (Å²) >= 11 is 0. The van der Waals surface area contributed by atoms with Gasteiger partial charge in [-0.15, -0.1) is 0 Å². The normalized spacial score (nSPS) is 28.3. The third-order valence-corrected chi connectivity index (χ3v) is 2.21. The molecule has 0 bridgehead atoms. The Hall–Kier alpha value is -1.10. The molecule has 64 valence electrons. The first-order chi connectivity index (χ1) is 5.86. The first kappa shape index (κ1) is 8.99. The van der Waals surface area contributed by atoms with Crippen LogP contribution < -0.4 is 0 Å². The Labute approximate surface area is 73.4 Å². The molecular weight excluding hydrogens is 148 g/mol. The van der Waals surface area contributed by atoms with Gasteiger partial charge in [0.15, 0.2) is 0 Å². The van der Waals surface area contributed by atoms with Crippen LogP contribution in [0.2, 0.25) is 0 Å². The van der Waals surface area contributed by atoms with E-state index < -0.39 is 0 Å². The van der Waals surface area contributed by atoms with Crippen molar-refractivity contribution in [3.05, 3.63) is 13.2 Å². The van der Waals surface area contributed by atoms with Crippen molar-refractivity contribution in [1.82, 2.24) is 0 Å². The second-order valence-electron chi connectivity index (χ2n) is 3.04. The van der Waals surface area contributed by atoms with E-state index in [0.717, 1.165) is 25.7 Å². The van der Waals surface area contributed by atoms with Gasteiger partial charge in [-0.3, -0.25) is 0 Å². The van der Waals surface area contributed by atoms with Crippen LogP contribution in [-0.4, -0.2) is 23.8 Å². The maximum Gasteiger partial charge on any atom is 0.0595 e. The zero-order valence-corrected chi connectivity index (χ0v) is 7.29. The van der Waals surface area contributed by atoms with Gasteiger partial charge in [-0.2, -0.15) is 0 Å². The van der Waals surface area contributed by atoms with Crippen molar-refractivity contribution >= 4 is 11.7 Å². The van der Waals surface area contributed by atoms with Crippen molar-refractivity contribution in [2.24, 2.45) is 9.98 Å². The average Bonchev–Trinajstić information content (AvgIpc) is 2.09. The highest BCUT2D eigenvalue weighted by Crippen LogP contribution is 2.22. The molecule has 0 heterocycles. The standard InChI is InChI=1S/C10H14N2/c1-3-11-9-5-7-10(8-6-9)12-4-2/h9-10H,1-2,5-8H2. The molecule has 1 aliphatic carbocycles. The fraction of sp³-hybridized carbons (Fsp3) is 0.600. The third kappa shape index (κ3) is 2.50. The van der Waals surface area contributed by atoms with Gasteiger partial charge < -0.3 is 0 Å². The summed E-state index contributed by atoms with van der Waals surface area (Å²) in [6.07, 6.45) is 4.38. The van der Waals surface area contributed by atoms with Crippen LogP contribution in [-0.2, 0) is 0 Å².